The van der Waals surface area contributed by atoms with Gasteiger partial charge in [-0.15, -0.1) is 0 Å². The van der Waals surface area contributed by atoms with E-state index in [1.165, 1.54) is 19.0 Å². The van der Waals surface area contributed by atoms with Crippen LogP contribution in [0.2, 0.25) is 0 Å². The number of aromatic nitrogens is 1. The molecule has 1 fully saturated rings. The summed E-state index contributed by atoms with van der Waals surface area (Å²) in [5.41, 5.74) is 0.863. The molecule has 3 N–H and O–H groups in total. The summed E-state index contributed by atoms with van der Waals surface area (Å²) in [5.74, 6) is -0.947. The van der Waals surface area contributed by atoms with Gasteiger partial charge in [-0.05, 0) is 31.9 Å². The normalized spacial score (nSPS) is 14.6. The van der Waals surface area contributed by atoms with Crippen LogP contribution in [0.15, 0.2) is 18.5 Å². The van der Waals surface area contributed by atoms with E-state index in [4.69, 9.17) is 5.11 Å². The van der Waals surface area contributed by atoms with E-state index >= 15 is 0 Å². The highest BCUT2D eigenvalue weighted by Gasteiger charge is 2.19. The molecule has 0 atom stereocenters. The summed E-state index contributed by atoms with van der Waals surface area (Å²) < 4.78 is 0. The Morgan fingerprint density at radius 2 is 2.29 bits per heavy atom. The molecule has 1 aromatic rings. The number of carboxylic acids is 1. The summed E-state index contributed by atoms with van der Waals surface area (Å²) in [7, 11) is 0. The smallest absolute Gasteiger partial charge is 0.339 e. The Kier molecular flexibility index (Phi) is 3.93. The number of aromatic carboxylic acids is 1. The van der Waals surface area contributed by atoms with Crippen molar-refractivity contribution in [3.05, 3.63) is 24.0 Å². The average molecular weight is 235 g/mol. The first kappa shape index (κ1) is 11.9. The number of pyridine rings is 1. The highest BCUT2D eigenvalue weighted by atomic mass is 16.4. The first-order valence-corrected chi connectivity index (χ1v) is 5.92. The number of hydrogen-bond donors (Lipinski definition) is 3. The zero-order chi connectivity index (χ0) is 12.1. The second kappa shape index (κ2) is 5.63. The molecule has 0 unspecified atom stereocenters. The molecule has 0 aromatic carbocycles. The molecule has 1 heterocycles. The third-order valence-electron chi connectivity index (χ3n) is 2.73. The Balaban J connectivity index is 1.75. The highest BCUT2D eigenvalue weighted by molar-refractivity contribution is 5.93. The highest BCUT2D eigenvalue weighted by Crippen LogP contribution is 2.18. The number of nitrogens with one attached hydrogen (secondary N) is 2. The lowest BCUT2D eigenvalue weighted by Crippen LogP contribution is -2.20. The van der Waals surface area contributed by atoms with Gasteiger partial charge in [0.25, 0.3) is 0 Å². The quantitative estimate of drug-likeness (QED) is 0.622. The molecule has 17 heavy (non-hydrogen) atoms. The number of carboxylic acid groups (broad SMARTS) is 1. The Morgan fingerprint density at radius 1 is 1.47 bits per heavy atom. The summed E-state index contributed by atoms with van der Waals surface area (Å²) in [5, 5.41) is 15.5. The van der Waals surface area contributed by atoms with Crippen molar-refractivity contribution in [1.29, 1.82) is 0 Å². The van der Waals surface area contributed by atoms with Gasteiger partial charge < -0.3 is 15.7 Å². The molecule has 2 rings (SSSR count). The van der Waals surface area contributed by atoms with E-state index in [9.17, 15) is 4.79 Å². The van der Waals surface area contributed by atoms with Crippen LogP contribution in [0, 0.1) is 0 Å². The van der Waals surface area contributed by atoms with Gasteiger partial charge in [-0.2, -0.15) is 0 Å². The molecule has 0 spiro atoms. The van der Waals surface area contributed by atoms with Crippen molar-refractivity contribution < 1.29 is 9.90 Å². The second-order valence-electron chi connectivity index (χ2n) is 4.24. The van der Waals surface area contributed by atoms with Crippen molar-refractivity contribution in [2.75, 3.05) is 18.4 Å². The van der Waals surface area contributed by atoms with Gasteiger partial charge in [0.15, 0.2) is 0 Å². The SMILES string of the molecule is O=C(O)c1cnccc1NCCCNC1CC1. The van der Waals surface area contributed by atoms with Crippen molar-refractivity contribution in [3.63, 3.8) is 0 Å². The monoisotopic (exact) mass is 235 g/mol. The van der Waals surface area contributed by atoms with Gasteiger partial charge in [0.1, 0.15) is 5.56 Å². The first-order chi connectivity index (χ1) is 8.27. The lowest BCUT2D eigenvalue weighted by molar-refractivity contribution is 0.0697. The summed E-state index contributed by atoms with van der Waals surface area (Å²) >= 11 is 0. The zero-order valence-electron chi connectivity index (χ0n) is 9.65. The standard InChI is InChI=1S/C12H17N3O2/c16-12(17)10-8-13-7-4-11(10)15-6-1-5-14-9-2-3-9/h4,7-9,14H,1-3,5-6H2,(H,13,15)(H,16,17). The number of nitrogens with zero attached hydrogens (tertiary/aromatic N) is 1. The van der Waals surface area contributed by atoms with Crippen LogP contribution in [0.5, 0.6) is 0 Å². The molecule has 5 heteroatoms. The van der Waals surface area contributed by atoms with Crippen molar-refractivity contribution in [3.8, 4) is 0 Å². The molecule has 0 aliphatic heterocycles. The maximum Gasteiger partial charge on any atom is 0.339 e. The van der Waals surface area contributed by atoms with Crippen LogP contribution < -0.4 is 10.6 Å². The van der Waals surface area contributed by atoms with E-state index < -0.39 is 5.97 Å². The topological polar surface area (TPSA) is 74.2 Å². The zero-order valence-corrected chi connectivity index (χ0v) is 9.65. The largest absolute Gasteiger partial charge is 0.478 e. The summed E-state index contributed by atoms with van der Waals surface area (Å²) in [6.45, 7) is 1.75. The third-order valence-corrected chi connectivity index (χ3v) is 2.73. The lowest BCUT2D eigenvalue weighted by atomic mass is 10.2. The number of hydrogen-bond acceptors (Lipinski definition) is 4. The van der Waals surface area contributed by atoms with E-state index in [0.717, 1.165) is 25.6 Å². The molecule has 1 aliphatic carbocycles. The predicted molar refractivity (Wildman–Crippen MR) is 65.3 cm³/mol. The molecule has 0 bridgehead atoms. The fourth-order valence-corrected chi connectivity index (χ4v) is 1.62. The summed E-state index contributed by atoms with van der Waals surface area (Å²) in [4.78, 5) is 14.7. The van der Waals surface area contributed by atoms with E-state index in [1.54, 1.807) is 12.3 Å². The Hall–Kier alpha value is -1.62. The van der Waals surface area contributed by atoms with Crippen molar-refractivity contribution in [2.45, 2.75) is 25.3 Å². The Labute approximate surface area is 100 Å². The second-order valence-corrected chi connectivity index (χ2v) is 4.24. The van der Waals surface area contributed by atoms with E-state index in [-0.39, 0.29) is 5.56 Å². The van der Waals surface area contributed by atoms with Gasteiger partial charge in [-0.1, -0.05) is 0 Å². The minimum atomic E-state index is -0.947. The van der Waals surface area contributed by atoms with Crippen LogP contribution in [0.3, 0.4) is 0 Å². The van der Waals surface area contributed by atoms with E-state index in [1.807, 2.05) is 0 Å². The fourth-order valence-electron chi connectivity index (χ4n) is 1.62. The number of anilines is 1. The first-order valence-electron chi connectivity index (χ1n) is 5.92. The van der Waals surface area contributed by atoms with Crippen LogP contribution in [0.4, 0.5) is 5.69 Å². The van der Waals surface area contributed by atoms with Gasteiger partial charge in [0, 0.05) is 25.0 Å². The molecular weight excluding hydrogens is 218 g/mol. The minimum Gasteiger partial charge on any atom is -0.478 e. The Morgan fingerprint density at radius 3 is 3.00 bits per heavy atom. The van der Waals surface area contributed by atoms with Crippen molar-refractivity contribution in [1.82, 2.24) is 10.3 Å². The van der Waals surface area contributed by atoms with Crippen LogP contribution in [0.1, 0.15) is 29.6 Å². The molecule has 92 valence electrons. The molecule has 0 amide bonds. The van der Waals surface area contributed by atoms with Gasteiger partial charge in [-0.3, -0.25) is 4.98 Å². The molecule has 0 radical (unpaired) electrons. The maximum atomic E-state index is 10.9. The number of carbonyl (C=O) groups is 1. The van der Waals surface area contributed by atoms with Crippen LogP contribution in [-0.2, 0) is 0 Å². The predicted octanol–water partition coefficient (Wildman–Crippen LogP) is 1.33. The maximum absolute atomic E-state index is 10.9. The molecule has 5 nitrogen and oxygen atoms in total. The number of rotatable bonds is 7. The molecule has 1 aliphatic rings. The third kappa shape index (κ3) is 3.71. The molecular formula is C12H17N3O2. The van der Waals surface area contributed by atoms with Gasteiger partial charge in [-0.25, -0.2) is 4.79 Å². The van der Waals surface area contributed by atoms with Gasteiger partial charge in [0.2, 0.25) is 0 Å². The lowest BCUT2D eigenvalue weighted by Gasteiger charge is -2.09. The molecule has 0 saturated heterocycles. The van der Waals surface area contributed by atoms with Crippen LogP contribution in [-0.4, -0.2) is 35.2 Å². The Bertz CT molecular complexity index is 391. The molecule has 1 aromatic heterocycles. The van der Waals surface area contributed by atoms with Gasteiger partial charge >= 0.3 is 5.97 Å². The van der Waals surface area contributed by atoms with Crippen molar-refractivity contribution >= 4 is 11.7 Å². The van der Waals surface area contributed by atoms with Crippen LogP contribution >= 0.6 is 0 Å². The van der Waals surface area contributed by atoms with Gasteiger partial charge in [0.05, 0.1) is 5.69 Å². The van der Waals surface area contributed by atoms with E-state index in [2.05, 4.69) is 15.6 Å². The van der Waals surface area contributed by atoms with Crippen LogP contribution in [0.25, 0.3) is 0 Å². The molecule has 1 saturated carbocycles. The van der Waals surface area contributed by atoms with E-state index in [0.29, 0.717) is 5.69 Å². The summed E-state index contributed by atoms with van der Waals surface area (Å²) in [6.07, 6.45) is 6.53. The fraction of sp³-hybridized carbons (Fsp3) is 0.500. The van der Waals surface area contributed by atoms with Crippen molar-refractivity contribution in [2.24, 2.45) is 0 Å². The summed E-state index contributed by atoms with van der Waals surface area (Å²) in [6, 6.07) is 2.42. The average Bonchev–Trinajstić information content (AvgIpc) is 3.13. The minimum absolute atomic E-state index is 0.225.